The number of aliphatic imine (C=N–C) groups is 1. The molecule has 1 radical (unpaired) electrons. The van der Waals surface area contributed by atoms with Crippen LogP contribution in [-0.2, 0) is 6.42 Å². The van der Waals surface area contributed by atoms with Gasteiger partial charge in [0.2, 0.25) is 0 Å². The van der Waals surface area contributed by atoms with Crippen molar-refractivity contribution >= 4 is 11.9 Å². The summed E-state index contributed by atoms with van der Waals surface area (Å²) in [5.41, 5.74) is 2.08. The molecule has 2 heteroatoms. The number of hydrogen-bond acceptors (Lipinski definition) is 2. The van der Waals surface area contributed by atoms with Crippen LogP contribution < -0.4 is 0 Å². The van der Waals surface area contributed by atoms with Crippen LogP contribution in [0.4, 0.5) is 5.69 Å². The monoisotopic (exact) mass is 131 g/mol. The maximum atomic E-state index is 4.19. The normalized spacial score (nSPS) is 14.8. The lowest BCUT2D eigenvalue weighted by Crippen LogP contribution is -1.95. The van der Waals surface area contributed by atoms with E-state index < -0.39 is 0 Å². The van der Waals surface area contributed by atoms with Crippen molar-refractivity contribution in [3.05, 3.63) is 24.0 Å². The summed E-state index contributed by atoms with van der Waals surface area (Å²) in [5.74, 6) is 0. The molecule has 0 unspecified atom stereocenters. The first-order valence-corrected chi connectivity index (χ1v) is 3.35. The topological polar surface area (TPSA) is 25.2 Å². The SMILES string of the molecule is [c]1ccc2c(n1)CCC=N2. The van der Waals surface area contributed by atoms with Crippen molar-refractivity contribution in [3.63, 3.8) is 0 Å². The number of hydrogen-bond donors (Lipinski definition) is 0. The molecule has 2 heterocycles. The fraction of sp³-hybridized carbons (Fsp3) is 0.250. The highest BCUT2D eigenvalue weighted by atomic mass is 14.8. The van der Waals surface area contributed by atoms with E-state index in [1.54, 1.807) is 6.07 Å². The van der Waals surface area contributed by atoms with E-state index in [0.717, 1.165) is 24.2 Å². The highest BCUT2D eigenvalue weighted by Gasteiger charge is 2.03. The molecule has 2 nitrogen and oxygen atoms in total. The van der Waals surface area contributed by atoms with E-state index in [2.05, 4.69) is 16.2 Å². The molecule has 10 heavy (non-hydrogen) atoms. The highest BCUT2D eigenvalue weighted by molar-refractivity contribution is 5.67. The Labute approximate surface area is 59.6 Å². The molecule has 0 N–H and O–H groups in total. The van der Waals surface area contributed by atoms with Crippen LogP contribution in [-0.4, -0.2) is 11.2 Å². The summed E-state index contributed by atoms with van der Waals surface area (Å²) < 4.78 is 0. The van der Waals surface area contributed by atoms with Crippen LogP contribution in [0.2, 0.25) is 0 Å². The van der Waals surface area contributed by atoms with Gasteiger partial charge in [0.1, 0.15) is 0 Å². The van der Waals surface area contributed by atoms with Crippen molar-refractivity contribution in [2.75, 3.05) is 0 Å². The summed E-state index contributed by atoms with van der Waals surface area (Å²) in [4.78, 5) is 8.27. The van der Waals surface area contributed by atoms with Gasteiger partial charge in [0, 0.05) is 6.21 Å². The minimum atomic E-state index is 1.00. The molecule has 2 rings (SSSR count). The Kier molecular flexibility index (Phi) is 1.24. The first-order valence-electron chi connectivity index (χ1n) is 3.35. The standard InChI is InChI=1S/C8H7N2/c1-3-7-8(9-5-1)4-2-6-10-7/h1,3,6H,2,4H2. The van der Waals surface area contributed by atoms with E-state index in [9.17, 15) is 0 Å². The molecule has 0 bridgehead atoms. The molecule has 1 aliphatic heterocycles. The van der Waals surface area contributed by atoms with Gasteiger partial charge in [0.15, 0.2) is 0 Å². The molecular weight excluding hydrogens is 124 g/mol. The second-order valence-corrected chi connectivity index (χ2v) is 2.26. The molecular formula is C8H7N2. The van der Waals surface area contributed by atoms with Crippen molar-refractivity contribution in [1.82, 2.24) is 4.98 Å². The molecule has 0 saturated heterocycles. The summed E-state index contributed by atoms with van der Waals surface area (Å²) in [6.07, 6.45) is 6.75. The average Bonchev–Trinajstić information content (AvgIpc) is 2.05. The predicted octanol–water partition coefficient (Wildman–Crippen LogP) is 1.53. The summed E-state index contributed by atoms with van der Waals surface area (Å²) in [6.45, 7) is 0. The summed E-state index contributed by atoms with van der Waals surface area (Å²) in [7, 11) is 0. The molecule has 0 amide bonds. The van der Waals surface area contributed by atoms with Gasteiger partial charge >= 0.3 is 0 Å². The quantitative estimate of drug-likeness (QED) is 0.524. The third-order valence-corrected chi connectivity index (χ3v) is 1.55. The van der Waals surface area contributed by atoms with Gasteiger partial charge in [0.25, 0.3) is 0 Å². The maximum Gasteiger partial charge on any atom is 0.0891 e. The zero-order valence-electron chi connectivity index (χ0n) is 5.54. The van der Waals surface area contributed by atoms with Gasteiger partial charge in [-0.2, -0.15) is 0 Å². The van der Waals surface area contributed by atoms with Crippen molar-refractivity contribution in [2.45, 2.75) is 12.8 Å². The van der Waals surface area contributed by atoms with E-state index in [1.807, 2.05) is 12.3 Å². The number of pyridine rings is 1. The van der Waals surface area contributed by atoms with Crippen LogP contribution in [0.25, 0.3) is 0 Å². The zero-order chi connectivity index (χ0) is 6.81. The van der Waals surface area contributed by atoms with E-state index in [-0.39, 0.29) is 0 Å². The Morgan fingerprint density at radius 3 is 3.40 bits per heavy atom. The van der Waals surface area contributed by atoms with Gasteiger partial charge in [-0.05, 0) is 25.0 Å². The van der Waals surface area contributed by atoms with Crippen molar-refractivity contribution in [1.29, 1.82) is 0 Å². The van der Waals surface area contributed by atoms with Gasteiger partial charge in [-0.3, -0.25) is 4.99 Å². The van der Waals surface area contributed by atoms with Crippen LogP contribution in [0.3, 0.4) is 0 Å². The lowest BCUT2D eigenvalue weighted by atomic mass is 10.1. The second kappa shape index (κ2) is 2.21. The third kappa shape index (κ3) is 0.817. The first kappa shape index (κ1) is 5.59. The highest BCUT2D eigenvalue weighted by Crippen LogP contribution is 2.19. The minimum absolute atomic E-state index is 1.00. The van der Waals surface area contributed by atoms with E-state index in [0.29, 0.717) is 0 Å². The van der Waals surface area contributed by atoms with Gasteiger partial charge in [-0.15, -0.1) is 0 Å². The Hall–Kier alpha value is -1.18. The Morgan fingerprint density at radius 2 is 2.50 bits per heavy atom. The number of nitrogens with zero attached hydrogens (tertiary/aromatic N) is 2. The molecule has 0 aliphatic carbocycles. The van der Waals surface area contributed by atoms with E-state index in [4.69, 9.17) is 0 Å². The van der Waals surface area contributed by atoms with Gasteiger partial charge < -0.3 is 0 Å². The molecule has 0 fully saturated rings. The predicted molar refractivity (Wildman–Crippen MR) is 39.5 cm³/mol. The minimum Gasteiger partial charge on any atom is -0.259 e. The van der Waals surface area contributed by atoms with Crippen LogP contribution in [0, 0.1) is 6.20 Å². The third-order valence-electron chi connectivity index (χ3n) is 1.55. The summed E-state index contributed by atoms with van der Waals surface area (Å²) in [5, 5.41) is 0. The molecule has 1 aromatic heterocycles. The lowest BCUT2D eigenvalue weighted by Gasteiger charge is -2.05. The van der Waals surface area contributed by atoms with E-state index >= 15 is 0 Å². The van der Waals surface area contributed by atoms with Crippen LogP contribution in [0.5, 0.6) is 0 Å². The Morgan fingerprint density at radius 1 is 1.50 bits per heavy atom. The molecule has 0 spiro atoms. The number of aryl methyl sites for hydroxylation is 1. The van der Waals surface area contributed by atoms with Gasteiger partial charge in [0.05, 0.1) is 17.6 Å². The summed E-state index contributed by atoms with van der Waals surface area (Å²) >= 11 is 0. The molecule has 49 valence electrons. The fourth-order valence-electron chi connectivity index (χ4n) is 1.05. The Balaban J connectivity index is 2.54. The molecule has 0 atom stereocenters. The molecule has 1 aromatic rings. The maximum absolute atomic E-state index is 4.19. The number of aromatic nitrogens is 1. The van der Waals surface area contributed by atoms with Crippen LogP contribution in [0.15, 0.2) is 17.1 Å². The van der Waals surface area contributed by atoms with Gasteiger partial charge in [-0.1, -0.05) is 0 Å². The lowest BCUT2D eigenvalue weighted by molar-refractivity contribution is 0.956. The van der Waals surface area contributed by atoms with Gasteiger partial charge in [-0.25, -0.2) is 4.98 Å². The first-order chi connectivity index (χ1) is 4.97. The molecule has 0 saturated carbocycles. The van der Waals surface area contributed by atoms with E-state index in [1.165, 1.54) is 0 Å². The molecule has 0 aromatic carbocycles. The van der Waals surface area contributed by atoms with Crippen molar-refractivity contribution in [3.8, 4) is 0 Å². The van der Waals surface area contributed by atoms with Crippen molar-refractivity contribution in [2.24, 2.45) is 4.99 Å². The smallest absolute Gasteiger partial charge is 0.0891 e. The summed E-state index contributed by atoms with van der Waals surface area (Å²) in [6, 6.07) is 3.74. The number of rotatable bonds is 0. The van der Waals surface area contributed by atoms with Crippen LogP contribution >= 0.6 is 0 Å². The number of fused-ring (bicyclic) bond motifs is 1. The largest absolute Gasteiger partial charge is 0.259 e. The van der Waals surface area contributed by atoms with Crippen LogP contribution in [0.1, 0.15) is 12.1 Å². The molecule has 1 aliphatic rings. The second-order valence-electron chi connectivity index (χ2n) is 2.26. The Bertz CT molecular complexity index is 266. The average molecular weight is 131 g/mol. The zero-order valence-corrected chi connectivity index (χ0v) is 5.54. The fourth-order valence-corrected chi connectivity index (χ4v) is 1.05. The van der Waals surface area contributed by atoms with Crippen molar-refractivity contribution < 1.29 is 0 Å².